The normalized spacial score (nSPS) is 14.5. The Morgan fingerprint density at radius 2 is 1.71 bits per heavy atom. The van der Waals surface area contributed by atoms with Gasteiger partial charge in [-0.15, -0.1) is 0 Å². The highest BCUT2D eigenvalue weighted by atomic mass is 16.2. The van der Waals surface area contributed by atoms with Crippen LogP contribution in [0.15, 0.2) is 30.3 Å². The van der Waals surface area contributed by atoms with E-state index in [0.717, 1.165) is 5.56 Å². The van der Waals surface area contributed by atoms with Crippen molar-refractivity contribution >= 4 is 5.91 Å². The minimum atomic E-state index is -0.567. The monoisotopic (exact) mass is 234 g/mol. The van der Waals surface area contributed by atoms with Gasteiger partial charge >= 0.3 is 0 Å². The fourth-order valence-electron chi connectivity index (χ4n) is 1.67. The third kappa shape index (κ3) is 3.30. The molecule has 0 aromatic heterocycles. The molecule has 94 valence electrons. The smallest absolute Gasteiger partial charge is 0.244 e. The fourth-order valence-corrected chi connectivity index (χ4v) is 1.67. The first-order valence-electron chi connectivity index (χ1n) is 6.02. The molecular formula is C14H22N2O. The van der Waals surface area contributed by atoms with Crippen molar-refractivity contribution in [2.45, 2.75) is 32.9 Å². The molecule has 0 spiro atoms. The second-order valence-corrected chi connectivity index (χ2v) is 4.82. The van der Waals surface area contributed by atoms with Crippen LogP contribution in [0.4, 0.5) is 0 Å². The molecule has 1 amide bonds. The molecule has 0 aliphatic heterocycles. The lowest BCUT2D eigenvalue weighted by Crippen LogP contribution is -2.43. The van der Waals surface area contributed by atoms with E-state index in [4.69, 9.17) is 5.73 Å². The molecule has 0 bridgehead atoms. The average molecular weight is 234 g/mol. The molecule has 1 rings (SSSR count). The predicted octanol–water partition coefficient (Wildman–Crippen LogP) is 2.19. The third-order valence-corrected chi connectivity index (χ3v) is 3.35. The van der Waals surface area contributed by atoms with Crippen molar-refractivity contribution in [2.75, 3.05) is 7.05 Å². The zero-order chi connectivity index (χ0) is 13.0. The van der Waals surface area contributed by atoms with E-state index >= 15 is 0 Å². The van der Waals surface area contributed by atoms with Gasteiger partial charge in [0.25, 0.3) is 0 Å². The van der Waals surface area contributed by atoms with E-state index in [2.05, 4.69) is 13.8 Å². The standard InChI is InChI=1S/C14H22N2O/c1-10(2)11(3)16(4)14(17)13(15)12-8-6-5-7-9-12/h5-11,13H,15H2,1-4H3. The summed E-state index contributed by atoms with van der Waals surface area (Å²) in [5, 5.41) is 0. The van der Waals surface area contributed by atoms with Crippen molar-refractivity contribution in [2.24, 2.45) is 11.7 Å². The maximum Gasteiger partial charge on any atom is 0.244 e. The zero-order valence-corrected chi connectivity index (χ0v) is 11.1. The van der Waals surface area contributed by atoms with Crippen LogP contribution < -0.4 is 5.73 Å². The summed E-state index contributed by atoms with van der Waals surface area (Å²) in [6.45, 7) is 6.24. The van der Waals surface area contributed by atoms with Gasteiger partial charge in [0.2, 0.25) is 5.91 Å². The SMILES string of the molecule is CC(C)C(C)N(C)C(=O)C(N)c1ccccc1. The summed E-state index contributed by atoms with van der Waals surface area (Å²) in [5.41, 5.74) is 6.85. The Morgan fingerprint density at radius 3 is 2.18 bits per heavy atom. The molecule has 0 saturated carbocycles. The van der Waals surface area contributed by atoms with Crippen LogP contribution in [0.5, 0.6) is 0 Å². The number of amides is 1. The second-order valence-electron chi connectivity index (χ2n) is 4.82. The highest BCUT2D eigenvalue weighted by molar-refractivity contribution is 5.83. The number of carbonyl (C=O) groups excluding carboxylic acids is 1. The summed E-state index contributed by atoms with van der Waals surface area (Å²) in [6.07, 6.45) is 0. The topological polar surface area (TPSA) is 46.3 Å². The van der Waals surface area contributed by atoms with Gasteiger partial charge in [-0.25, -0.2) is 0 Å². The third-order valence-electron chi connectivity index (χ3n) is 3.35. The summed E-state index contributed by atoms with van der Waals surface area (Å²) >= 11 is 0. The van der Waals surface area contributed by atoms with Gasteiger partial charge in [0.15, 0.2) is 0 Å². The first-order chi connectivity index (χ1) is 7.95. The molecule has 2 atom stereocenters. The van der Waals surface area contributed by atoms with Gasteiger partial charge in [-0.3, -0.25) is 4.79 Å². The van der Waals surface area contributed by atoms with Gasteiger partial charge in [0.1, 0.15) is 6.04 Å². The number of benzene rings is 1. The zero-order valence-electron chi connectivity index (χ0n) is 11.1. The molecular weight excluding hydrogens is 212 g/mol. The Balaban J connectivity index is 2.77. The van der Waals surface area contributed by atoms with Gasteiger partial charge in [-0.2, -0.15) is 0 Å². The molecule has 17 heavy (non-hydrogen) atoms. The van der Waals surface area contributed by atoms with Crippen LogP contribution in [0.25, 0.3) is 0 Å². The van der Waals surface area contributed by atoms with E-state index in [-0.39, 0.29) is 11.9 Å². The minimum absolute atomic E-state index is 0.0302. The maximum absolute atomic E-state index is 12.2. The Labute approximate surface area is 104 Å². The lowest BCUT2D eigenvalue weighted by atomic mass is 10.0. The molecule has 0 radical (unpaired) electrons. The van der Waals surface area contributed by atoms with E-state index in [9.17, 15) is 4.79 Å². The molecule has 0 heterocycles. The Bertz CT molecular complexity index is 362. The van der Waals surface area contributed by atoms with Gasteiger partial charge in [-0.05, 0) is 18.4 Å². The molecule has 1 aromatic rings. The van der Waals surface area contributed by atoms with Crippen LogP contribution in [-0.4, -0.2) is 23.9 Å². The van der Waals surface area contributed by atoms with Crippen LogP contribution in [-0.2, 0) is 4.79 Å². The van der Waals surface area contributed by atoms with Crippen molar-refractivity contribution in [1.82, 2.24) is 4.90 Å². The van der Waals surface area contributed by atoms with Crippen molar-refractivity contribution in [3.63, 3.8) is 0 Å². The highest BCUT2D eigenvalue weighted by Crippen LogP contribution is 2.16. The van der Waals surface area contributed by atoms with Gasteiger partial charge in [0, 0.05) is 13.1 Å². The van der Waals surface area contributed by atoms with Crippen LogP contribution in [0, 0.1) is 5.92 Å². The Kier molecular flexibility index (Phi) is 4.70. The highest BCUT2D eigenvalue weighted by Gasteiger charge is 2.24. The largest absolute Gasteiger partial charge is 0.341 e. The van der Waals surface area contributed by atoms with Crippen LogP contribution in [0.1, 0.15) is 32.4 Å². The molecule has 3 nitrogen and oxygen atoms in total. The van der Waals surface area contributed by atoms with E-state index in [1.165, 1.54) is 0 Å². The van der Waals surface area contributed by atoms with Crippen LogP contribution >= 0.6 is 0 Å². The van der Waals surface area contributed by atoms with Crippen LogP contribution in [0.2, 0.25) is 0 Å². The lowest BCUT2D eigenvalue weighted by Gasteiger charge is -2.30. The quantitative estimate of drug-likeness (QED) is 0.868. The summed E-state index contributed by atoms with van der Waals surface area (Å²) in [6, 6.07) is 9.11. The van der Waals surface area contributed by atoms with Crippen molar-refractivity contribution < 1.29 is 4.79 Å². The molecule has 0 fully saturated rings. The van der Waals surface area contributed by atoms with Crippen molar-refractivity contribution in [3.05, 3.63) is 35.9 Å². The molecule has 0 saturated heterocycles. The molecule has 2 N–H and O–H groups in total. The molecule has 0 aliphatic rings. The van der Waals surface area contributed by atoms with Gasteiger partial charge in [-0.1, -0.05) is 44.2 Å². The number of nitrogens with two attached hydrogens (primary N) is 1. The fraction of sp³-hybridized carbons (Fsp3) is 0.500. The van der Waals surface area contributed by atoms with Gasteiger partial charge in [0.05, 0.1) is 0 Å². The van der Waals surface area contributed by atoms with E-state index < -0.39 is 6.04 Å². The predicted molar refractivity (Wildman–Crippen MR) is 70.4 cm³/mol. The first-order valence-corrected chi connectivity index (χ1v) is 6.02. The minimum Gasteiger partial charge on any atom is -0.341 e. The summed E-state index contributed by atoms with van der Waals surface area (Å²) < 4.78 is 0. The van der Waals surface area contributed by atoms with Crippen LogP contribution in [0.3, 0.4) is 0 Å². The van der Waals surface area contributed by atoms with E-state index in [0.29, 0.717) is 5.92 Å². The Morgan fingerprint density at radius 1 is 1.18 bits per heavy atom. The first kappa shape index (κ1) is 13.7. The molecule has 2 unspecified atom stereocenters. The second kappa shape index (κ2) is 5.82. The number of carbonyl (C=O) groups is 1. The van der Waals surface area contributed by atoms with Crippen molar-refractivity contribution in [3.8, 4) is 0 Å². The summed E-state index contributed by atoms with van der Waals surface area (Å²) in [4.78, 5) is 13.9. The number of rotatable bonds is 4. The van der Waals surface area contributed by atoms with E-state index in [1.54, 1.807) is 4.90 Å². The number of hydrogen-bond donors (Lipinski definition) is 1. The summed E-state index contributed by atoms with van der Waals surface area (Å²) in [7, 11) is 1.82. The van der Waals surface area contributed by atoms with Crippen molar-refractivity contribution in [1.29, 1.82) is 0 Å². The van der Waals surface area contributed by atoms with E-state index in [1.807, 2.05) is 44.3 Å². The molecule has 1 aromatic carbocycles. The summed E-state index contributed by atoms with van der Waals surface area (Å²) in [5.74, 6) is 0.393. The molecule has 3 heteroatoms. The van der Waals surface area contributed by atoms with Gasteiger partial charge < -0.3 is 10.6 Å². The Hall–Kier alpha value is -1.35. The number of hydrogen-bond acceptors (Lipinski definition) is 2. The number of nitrogens with zero attached hydrogens (tertiary/aromatic N) is 1. The average Bonchev–Trinajstić information content (AvgIpc) is 2.36. The maximum atomic E-state index is 12.2. The number of likely N-dealkylation sites (N-methyl/N-ethyl adjacent to an activating group) is 1. The molecule has 0 aliphatic carbocycles. The lowest BCUT2D eigenvalue weighted by molar-refractivity contribution is -0.134.